The monoisotopic (exact) mass is 665 g/mol. The fraction of sp³-hybridized carbons (Fsp3) is 0.441. The first-order valence-corrected chi connectivity index (χ1v) is 15.5. The summed E-state index contributed by atoms with van der Waals surface area (Å²) in [6.45, 7) is 0.685. The van der Waals surface area contributed by atoms with E-state index in [-0.39, 0.29) is 23.8 Å². The molecule has 14 nitrogen and oxygen atoms in total. The van der Waals surface area contributed by atoms with Gasteiger partial charge in [-0.1, -0.05) is 36.4 Å². The quantitative estimate of drug-likeness (QED) is 0.220. The number of rotatable bonds is 12. The van der Waals surface area contributed by atoms with Gasteiger partial charge in [-0.05, 0) is 44.1 Å². The highest BCUT2D eigenvalue weighted by Crippen LogP contribution is 2.65. The van der Waals surface area contributed by atoms with E-state index in [1.807, 2.05) is 19.2 Å². The van der Waals surface area contributed by atoms with Crippen LogP contribution in [0, 0.1) is 0 Å². The molecular weight excluding hydrogens is 630 g/mol. The maximum absolute atomic E-state index is 13.1. The maximum atomic E-state index is 13.1. The van der Waals surface area contributed by atoms with Gasteiger partial charge in [0.2, 0.25) is 12.2 Å². The van der Waals surface area contributed by atoms with Gasteiger partial charge in [-0.15, -0.1) is 0 Å². The Morgan fingerprint density at radius 2 is 1.75 bits per heavy atom. The standard InChI is InChI=1S/C34H35NO13/c1-35-15-14-33-27-19-8-9-20(44-2)29(27)48-30(33)21(12-13-34(33,43)23(35)16-19)45-25(38)10-11-26(39)47-28(18-6-4-3-5-7-18)32(42)46-22(31(40)41)17-24(36)37/h3-9,12,22-23,28,30,43H,10-11,13-17H2,1-2H3,(H,36,37)(H,40,41)/t22-,23-,28-,30+,33+,34-/m0/s1. The largest absolute Gasteiger partial charge is 0.493 e. The summed E-state index contributed by atoms with van der Waals surface area (Å²) in [7, 11) is 3.52. The van der Waals surface area contributed by atoms with Crippen molar-refractivity contribution in [3.63, 3.8) is 0 Å². The number of ether oxygens (including phenoxy) is 5. The van der Waals surface area contributed by atoms with Crippen molar-refractivity contribution in [1.29, 1.82) is 0 Å². The molecule has 48 heavy (non-hydrogen) atoms. The highest BCUT2D eigenvalue weighted by Gasteiger charge is 2.72. The fourth-order valence-corrected chi connectivity index (χ4v) is 7.58. The first-order chi connectivity index (χ1) is 22.9. The van der Waals surface area contributed by atoms with Crippen molar-refractivity contribution in [3.05, 3.63) is 71.0 Å². The van der Waals surface area contributed by atoms with E-state index in [1.54, 1.807) is 24.3 Å². The number of likely N-dealkylation sites (N-methyl/N-ethyl adjacent to an activating group) is 1. The fourth-order valence-electron chi connectivity index (χ4n) is 7.58. The number of hydrogen-bond acceptors (Lipinski definition) is 12. The molecule has 0 radical (unpaired) electrons. The Labute approximate surface area is 274 Å². The molecule has 6 rings (SSSR count). The van der Waals surface area contributed by atoms with Crippen molar-refractivity contribution in [3.8, 4) is 11.5 Å². The van der Waals surface area contributed by atoms with Crippen LogP contribution in [-0.4, -0.2) is 94.6 Å². The molecule has 2 heterocycles. The second-order valence-electron chi connectivity index (χ2n) is 12.4. The van der Waals surface area contributed by atoms with Crippen LogP contribution in [0.4, 0.5) is 0 Å². The number of likely N-dealkylation sites (tertiary alicyclic amines) is 1. The predicted octanol–water partition coefficient (Wildman–Crippen LogP) is 2.05. The average Bonchev–Trinajstić information content (AvgIpc) is 3.41. The Hall–Kier alpha value is -4.95. The Bertz CT molecular complexity index is 1690. The Morgan fingerprint density at radius 3 is 2.44 bits per heavy atom. The molecule has 4 aliphatic rings. The lowest BCUT2D eigenvalue weighted by atomic mass is 9.50. The zero-order valence-electron chi connectivity index (χ0n) is 26.2. The smallest absolute Gasteiger partial charge is 0.353 e. The Morgan fingerprint density at radius 1 is 1.02 bits per heavy atom. The number of piperidine rings is 1. The lowest BCUT2D eigenvalue weighted by Crippen LogP contribution is -2.74. The van der Waals surface area contributed by atoms with Crippen LogP contribution in [0.5, 0.6) is 11.5 Å². The van der Waals surface area contributed by atoms with Crippen molar-refractivity contribution in [2.24, 2.45) is 0 Å². The number of aliphatic carboxylic acids is 2. The zero-order valence-corrected chi connectivity index (χ0v) is 26.2. The number of benzene rings is 2. The molecule has 0 saturated carbocycles. The first-order valence-electron chi connectivity index (χ1n) is 15.5. The van der Waals surface area contributed by atoms with Gasteiger partial charge in [0.15, 0.2) is 17.6 Å². The number of carboxylic acids is 2. The summed E-state index contributed by atoms with van der Waals surface area (Å²) in [6, 6.07) is 11.2. The van der Waals surface area contributed by atoms with Crippen molar-refractivity contribution >= 4 is 29.8 Å². The molecule has 2 aromatic carbocycles. The first kappa shape index (κ1) is 33.0. The number of aliphatic hydroxyl groups is 1. The summed E-state index contributed by atoms with van der Waals surface area (Å²) in [5.74, 6) is -5.01. The Kier molecular flexibility index (Phi) is 8.64. The molecule has 1 fully saturated rings. The molecule has 254 valence electrons. The van der Waals surface area contributed by atoms with E-state index in [0.29, 0.717) is 30.9 Å². The van der Waals surface area contributed by atoms with Crippen molar-refractivity contribution in [1.82, 2.24) is 4.90 Å². The Balaban J connectivity index is 1.16. The molecule has 0 amide bonds. The minimum atomic E-state index is -2.01. The van der Waals surface area contributed by atoms with Crippen LogP contribution in [0.1, 0.15) is 54.9 Å². The van der Waals surface area contributed by atoms with E-state index >= 15 is 0 Å². The van der Waals surface area contributed by atoms with E-state index < -0.39 is 78.4 Å². The normalized spacial score (nSPS) is 26.1. The minimum absolute atomic E-state index is 0.147. The van der Waals surface area contributed by atoms with Gasteiger partial charge in [0.05, 0.1) is 37.4 Å². The number of carboxylic acid groups (broad SMARTS) is 2. The molecular formula is C34H35NO13. The lowest BCUT2D eigenvalue weighted by Gasteiger charge is -2.61. The van der Waals surface area contributed by atoms with Crippen molar-refractivity contribution in [2.75, 3.05) is 20.7 Å². The minimum Gasteiger partial charge on any atom is -0.493 e. The number of nitrogens with zero attached hydrogens (tertiary/aromatic N) is 1. The number of carbonyl (C=O) groups excluding carboxylic acids is 3. The summed E-state index contributed by atoms with van der Waals surface area (Å²) >= 11 is 0. The van der Waals surface area contributed by atoms with E-state index in [4.69, 9.17) is 28.8 Å². The van der Waals surface area contributed by atoms with Gasteiger partial charge < -0.3 is 43.9 Å². The summed E-state index contributed by atoms with van der Waals surface area (Å²) in [5.41, 5.74) is -0.0260. The second-order valence-corrected chi connectivity index (χ2v) is 12.4. The van der Waals surface area contributed by atoms with Crippen molar-refractivity contribution in [2.45, 2.75) is 73.9 Å². The molecule has 6 atom stereocenters. The second kappa shape index (κ2) is 12.6. The third-order valence-corrected chi connectivity index (χ3v) is 9.78. The molecule has 2 aliphatic heterocycles. The topological polar surface area (TPSA) is 195 Å². The van der Waals surface area contributed by atoms with Gasteiger partial charge in [-0.25, -0.2) is 9.59 Å². The molecule has 2 bridgehead atoms. The van der Waals surface area contributed by atoms with Crippen LogP contribution in [0.15, 0.2) is 54.3 Å². The maximum Gasteiger partial charge on any atom is 0.353 e. The number of carbonyl (C=O) groups is 5. The van der Waals surface area contributed by atoms with E-state index in [9.17, 15) is 34.2 Å². The summed E-state index contributed by atoms with van der Waals surface area (Å²) in [5, 5.41) is 30.6. The SMILES string of the molecule is COc1ccc2c3c1O[C@@H]1C(OC(=O)CCC(=O)O[C@H](C(=O)O[C@@H](CC(=O)O)C(=O)O)c4ccccc4)=CC[C@]4(O)[C@H](C2)N(C)CC[C@@]314. The van der Waals surface area contributed by atoms with Gasteiger partial charge in [0.25, 0.3) is 0 Å². The van der Waals surface area contributed by atoms with Gasteiger partial charge in [0, 0.05) is 23.6 Å². The predicted molar refractivity (Wildman–Crippen MR) is 162 cm³/mol. The molecule has 3 N–H and O–H groups in total. The van der Waals surface area contributed by atoms with E-state index in [1.165, 1.54) is 19.2 Å². The summed E-state index contributed by atoms with van der Waals surface area (Å²) in [4.78, 5) is 63.6. The molecule has 1 saturated heterocycles. The molecule has 2 aliphatic carbocycles. The van der Waals surface area contributed by atoms with Gasteiger partial charge in [-0.2, -0.15) is 0 Å². The zero-order chi connectivity index (χ0) is 34.4. The average molecular weight is 666 g/mol. The molecule has 0 aromatic heterocycles. The van der Waals surface area contributed by atoms with Crippen LogP contribution in [0.25, 0.3) is 0 Å². The number of esters is 3. The van der Waals surface area contributed by atoms with Crippen LogP contribution >= 0.6 is 0 Å². The van der Waals surface area contributed by atoms with Gasteiger partial charge in [-0.3, -0.25) is 14.4 Å². The van der Waals surface area contributed by atoms with E-state index in [0.717, 1.165) is 11.1 Å². The van der Waals surface area contributed by atoms with Crippen molar-refractivity contribution < 1.29 is 63.0 Å². The molecule has 14 heteroatoms. The number of methoxy groups -OCH3 is 1. The molecule has 1 spiro atoms. The molecule has 0 unspecified atom stereocenters. The van der Waals surface area contributed by atoms with Gasteiger partial charge in [0.1, 0.15) is 5.76 Å². The summed E-state index contributed by atoms with van der Waals surface area (Å²) in [6.07, 6.45) is -3.47. The van der Waals surface area contributed by atoms with Crippen LogP contribution in [0.2, 0.25) is 0 Å². The van der Waals surface area contributed by atoms with Gasteiger partial charge >= 0.3 is 29.8 Å². The van der Waals surface area contributed by atoms with Crippen LogP contribution in [0.3, 0.4) is 0 Å². The highest BCUT2D eigenvalue weighted by atomic mass is 16.6. The lowest BCUT2D eigenvalue weighted by molar-refractivity contribution is -0.179. The third-order valence-electron chi connectivity index (χ3n) is 9.78. The highest BCUT2D eigenvalue weighted by molar-refractivity contribution is 5.86. The van der Waals surface area contributed by atoms with E-state index in [2.05, 4.69) is 4.90 Å². The summed E-state index contributed by atoms with van der Waals surface area (Å²) < 4.78 is 28.1. The third kappa shape index (κ3) is 5.44. The van der Waals surface area contributed by atoms with Crippen LogP contribution in [-0.2, 0) is 50.0 Å². The van der Waals surface area contributed by atoms with Crippen LogP contribution < -0.4 is 9.47 Å². The molecule has 2 aromatic rings. The number of hydrogen-bond donors (Lipinski definition) is 3.